The van der Waals surface area contributed by atoms with Gasteiger partial charge in [0.25, 0.3) is 0 Å². The van der Waals surface area contributed by atoms with Crippen molar-refractivity contribution in [1.29, 1.82) is 0 Å². The minimum absolute atomic E-state index is 0. The first-order valence-electron chi connectivity index (χ1n) is 5.63. The molecule has 3 N–H and O–H groups in total. The lowest BCUT2D eigenvalue weighted by Gasteiger charge is -2.08. The molecule has 0 aliphatic carbocycles. The van der Waals surface area contributed by atoms with Gasteiger partial charge < -0.3 is 5.73 Å². The van der Waals surface area contributed by atoms with E-state index in [4.69, 9.17) is 5.73 Å². The zero-order valence-electron chi connectivity index (χ0n) is 9.89. The van der Waals surface area contributed by atoms with E-state index in [0.717, 1.165) is 18.4 Å². The molecule has 0 bridgehead atoms. The fraction of sp³-hybridized carbons (Fsp3) is 0.308. The first-order chi connectivity index (χ1) is 7.79. The highest BCUT2D eigenvalue weighted by Crippen LogP contribution is 2.18. The van der Waals surface area contributed by atoms with Crippen LogP contribution in [0.1, 0.15) is 18.9 Å². The van der Waals surface area contributed by atoms with Crippen molar-refractivity contribution in [2.45, 2.75) is 25.8 Å². The Hall–Kier alpha value is -1.32. The topological polar surface area (TPSA) is 54.7 Å². The summed E-state index contributed by atoms with van der Waals surface area (Å²) in [5, 5.41) is 6.75. The Bertz CT molecular complexity index is 422. The lowest BCUT2D eigenvalue weighted by Crippen LogP contribution is -2.21. The number of rotatable bonds is 4. The van der Waals surface area contributed by atoms with Crippen LogP contribution in [0.15, 0.2) is 36.7 Å². The van der Waals surface area contributed by atoms with E-state index in [9.17, 15) is 0 Å². The van der Waals surface area contributed by atoms with Crippen LogP contribution in [0.5, 0.6) is 0 Å². The van der Waals surface area contributed by atoms with E-state index in [2.05, 4.69) is 41.4 Å². The van der Waals surface area contributed by atoms with E-state index in [1.54, 1.807) is 0 Å². The molecule has 0 spiro atoms. The maximum absolute atomic E-state index is 5.92. The highest BCUT2D eigenvalue weighted by atomic mass is 35.5. The van der Waals surface area contributed by atoms with Crippen molar-refractivity contribution in [3.8, 4) is 11.1 Å². The second kappa shape index (κ2) is 6.42. The second-order valence-electron chi connectivity index (χ2n) is 4.06. The number of hydrogen-bond donors (Lipinski definition) is 2. The van der Waals surface area contributed by atoms with E-state index >= 15 is 0 Å². The minimum atomic E-state index is 0. The molecule has 0 aliphatic rings. The minimum Gasteiger partial charge on any atom is -0.327 e. The molecular weight excluding hydrogens is 234 g/mol. The summed E-state index contributed by atoms with van der Waals surface area (Å²) in [7, 11) is 0. The third-order valence-corrected chi connectivity index (χ3v) is 2.81. The molecule has 1 aromatic heterocycles. The summed E-state index contributed by atoms with van der Waals surface area (Å²) in [6.07, 6.45) is 5.69. The van der Waals surface area contributed by atoms with E-state index in [1.165, 1.54) is 11.1 Å². The van der Waals surface area contributed by atoms with Gasteiger partial charge in [0.05, 0.1) is 6.20 Å². The summed E-state index contributed by atoms with van der Waals surface area (Å²) in [5.74, 6) is 0. The summed E-state index contributed by atoms with van der Waals surface area (Å²) < 4.78 is 0. The van der Waals surface area contributed by atoms with E-state index in [1.807, 2.05) is 12.4 Å². The lowest BCUT2D eigenvalue weighted by molar-refractivity contribution is 0.646. The highest BCUT2D eigenvalue weighted by molar-refractivity contribution is 5.85. The van der Waals surface area contributed by atoms with E-state index < -0.39 is 0 Å². The zero-order chi connectivity index (χ0) is 11.4. The number of hydrogen-bond acceptors (Lipinski definition) is 2. The molecule has 0 saturated carbocycles. The monoisotopic (exact) mass is 251 g/mol. The lowest BCUT2D eigenvalue weighted by atomic mass is 10.0. The molecule has 2 rings (SSSR count). The summed E-state index contributed by atoms with van der Waals surface area (Å²) in [6, 6.07) is 8.76. The van der Waals surface area contributed by atoms with Crippen molar-refractivity contribution < 1.29 is 0 Å². The van der Waals surface area contributed by atoms with Gasteiger partial charge in [0.15, 0.2) is 0 Å². The zero-order valence-corrected chi connectivity index (χ0v) is 10.7. The third kappa shape index (κ3) is 3.58. The van der Waals surface area contributed by atoms with Gasteiger partial charge >= 0.3 is 0 Å². The summed E-state index contributed by atoms with van der Waals surface area (Å²) in [5.41, 5.74) is 9.52. The molecule has 92 valence electrons. The maximum Gasteiger partial charge on any atom is 0.0565 e. The largest absolute Gasteiger partial charge is 0.327 e. The van der Waals surface area contributed by atoms with Crippen molar-refractivity contribution in [2.75, 3.05) is 0 Å². The Kier molecular flexibility index (Phi) is 5.19. The number of nitrogens with two attached hydrogens (primary N) is 1. The number of H-pyrrole nitrogens is 1. The Labute approximate surface area is 108 Å². The average Bonchev–Trinajstić information content (AvgIpc) is 2.83. The molecular formula is C13H18ClN3. The molecule has 2 aromatic rings. The van der Waals surface area contributed by atoms with Crippen LogP contribution in [0.25, 0.3) is 11.1 Å². The van der Waals surface area contributed by atoms with E-state index in [-0.39, 0.29) is 18.4 Å². The number of nitrogens with zero attached hydrogens (tertiary/aromatic N) is 1. The Balaban J connectivity index is 0.00000144. The molecule has 4 heteroatoms. The molecule has 1 aromatic carbocycles. The van der Waals surface area contributed by atoms with Gasteiger partial charge in [-0.25, -0.2) is 0 Å². The fourth-order valence-electron chi connectivity index (χ4n) is 1.69. The Morgan fingerprint density at radius 3 is 2.47 bits per heavy atom. The standard InChI is InChI=1S/C13H17N3.ClH/c1-2-13(14)7-10-3-5-11(6-4-10)12-8-15-16-9-12;/h3-6,8-9,13H,2,7,14H2,1H3,(H,15,16);1H. The van der Waals surface area contributed by atoms with Crippen molar-refractivity contribution >= 4 is 12.4 Å². The van der Waals surface area contributed by atoms with Crippen LogP contribution in [-0.2, 0) is 6.42 Å². The van der Waals surface area contributed by atoms with Crippen LogP contribution in [0.3, 0.4) is 0 Å². The van der Waals surface area contributed by atoms with Crippen LogP contribution in [0, 0.1) is 0 Å². The van der Waals surface area contributed by atoms with Crippen LogP contribution in [-0.4, -0.2) is 16.2 Å². The first-order valence-corrected chi connectivity index (χ1v) is 5.63. The van der Waals surface area contributed by atoms with Gasteiger partial charge in [0.2, 0.25) is 0 Å². The average molecular weight is 252 g/mol. The predicted molar refractivity (Wildman–Crippen MR) is 73.2 cm³/mol. The fourth-order valence-corrected chi connectivity index (χ4v) is 1.69. The molecule has 17 heavy (non-hydrogen) atoms. The number of aromatic amines is 1. The summed E-state index contributed by atoms with van der Waals surface area (Å²) >= 11 is 0. The van der Waals surface area contributed by atoms with E-state index in [0.29, 0.717) is 0 Å². The van der Waals surface area contributed by atoms with Crippen LogP contribution in [0.4, 0.5) is 0 Å². The second-order valence-corrected chi connectivity index (χ2v) is 4.06. The molecule has 0 aliphatic heterocycles. The van der Waals surface area contributed by atoms with Crippen molar-refractivity contribution in [3.05, 3.63) is 42.2 Å². The molecule has 0 fully saturated rings. The van der Waals surface area contributed by atoms with Crippen LogP contribution < -0.4 is 5.73 Å². The third-order valence-electron chi connectivity index (χ3n) is 2.81. The van der Waals surface area contributed by atoms with Gasteiger partial charge in [-0.1, -0.05) is 31.2 Å². The van der Waals surface area contributed by atoms with Gasteiger partial charge in [-0.2, -0.15) is 5.10 Å². The Morgan fingerprint density at radius 2 is 1.94 bits per heavy atom. The number of aromatic nitrogens is 2. The molecule has 1 heterocycles. The smallest absolute Gasteiger partial charge is 0.0565 e. The first kappa shape index (κ1) is 13.7. The molecule has 1 atom stereocenters. The van der Waals surface area contributed by atoms with Gasteiger partial charge in [-0.15, -0.1) is 12.4 Å². The number of benzene rings is 1. The van der Waals surface area contributed by atoms with Gasteiger partial charge in [-0.3, -0.25) is 5.10 Å². The maximum atomic E-state index is 5.92. The predicted octanol–water partition coefficient (Wildman–Crippen LogP) is 2.78. The normalized spacial score (nSPS) is 11.9. The van der Waals surface area contributed by atoms with Gasteiger partial charge in [0, 0.05) is 17.8 Å². The molecule has 0 amide bonds. The van der Waals surface area contributed by atoms with Gasteiger partial charge in [0.1, 0.15) is 0 Å². The van der Waals surface area contributed by atoms with Crippen LogP contribution in [0.2, 0.25) is 0 Å². The van der Waals surface area contributed by atoms with Crippen molar-refractivity contribution in [2.24, 2.45) is 5.73 Å². The quantitative estimate of drug-likeness (QED) is 0.878. The summed E-state index contributed by atoms with van der Waals surface area (Å²) in [6.45, 7) is 2.12. The van der Waals surface area contributed by atoms with Crippen molar-refractivity contribution in [1.82, 2.24) is 10.2 Å². The Morgan fingerprint density at radius 1 is 1.24 bits per heavy atom. The molecule has 0 radical (unpaired) electrons. The number of halogens is 1. The number of nitrogens with one attached hydrogen (secondary N) is 1. The molecule has 1 unspecified atom stereocenters. The highest BCUT2D eigenvalue weighted by Gasteiger charge is 2.02. The molecule has 0 saturated heterocycles. The summed E-state index contributed by atoms with van der Waals surface area (Å²) in [4.78, 5) is 0. The molecule has 3 nitrogen and oxygen atoms in total. The van der Waals surface area contributed by atoms with Crippen molar-refractivity contribution in [3.63, 3.8) is 0 Å². The van der Waals surface area contributed by atoms with Crippen LogP contribution >= 0.6 is 12.4 Å². The SMILES string of the molecule is CCC(N)Cc1ccc(-c2cn[nH]c2)cc1.Cl. The van der Waals surface area contributed by atoms with Gasteiger partial charge in [-0.05, 0) is 24.0 Å².